The third-order valence-corrected chi connectivity index (χ3v) is 13.0. The fraction of sp³-hybridized carbons (Fsp3) is 0.468. The maximum absolute atomic E-state index is 13.6. The summed E-state index contributed by atoms with van der Waals surface area (Å²) >= 11 is 0. The van der Waals surface area contributed by atoms with Gasteiger partial charge in [-0.3, -0.25) is 14.9 Å². The van der Waals surface area contributed by atoms with Crippen molar-refractivity contribution in [3.63, 3.8) is 0 Å². The van der Waals surface area contributed by atoms with Crippen LogP contribution in [0.25, 0.3) is 11.3 Å². The largest absolute Gasteiger partial charge is 0.507 e. The van der Waals surface area contributed by atoms with Gasteiger partial charge in [-0.05, 0) is 61.2 Å². The van der Waals surface area contributed by atoms with E-state index in [2.05, 4.69) is 60.7 Å². The van der Waals surface area contributed by atoms with E-state index in [1.807, 2.05) is 59.3 Å². The molecule has 0 aliphatic carbocycles. The standard InChI is InChI=1S/C47H58N10O6/c1-30-23-55(42-22-38(51-52-45(42)48)36-9-3-4-12-43(36)58)27-33(29-62-28-30)49-32-7-5-8-35(21-32)63-34-15-18-54(19-16-34)47(61)53(2)24-31-25-56(26-31)39-10-6-11-40-37(39)17-20-57(40)41-13-14-44(59)50-46(41)60/h3-12,21-22,30-31,33-34,41,49,58H,13-20,23-29H2,1-2H3,(H2,48,52)(H,50,59,60)/t30-,33+,41+/m1/s1. The van der Waals surface area contributed by atoms with Crippen LogP contribution in [0, 0.1) is 11.8 Å². The summed E-state index contributed by atoms with van der Waals surface area (Å²) in [6.07, 6.45) is 3.27. The highest BCUT2D eigenvalue weighted by Gasteiger charge is 2.38. The van der Waals surface area contributed by atoms with Crippen molar-refractivity contribution in [3.05, 3.63) is 78.4 Å². The molecule has 0 radical (unpaired) electrons. The molecule has 63 heavy (non-hydrogen) atoms. The lowest BCUT2D eigenvalue weighted by Gasteiger charge is -2.44. The molecule has 3 aromatic carbocycles. The van der Waals surface area contributed by atoms with Crippen molar-refractivity contribution in [2.45, 2.75) is 57.2 Å². The molecule has 332 valence electrons. The summed E-state index contributed by atoms with van der Waals surface area (Å²) in [4.78, 5) is 48.5. The molecule has 4 aromatic rings. The van der Waals surface area contributed by atoms with Crippen LogP contribution in [0.5, 0.6) is 11.5 Å². The summed E-state index contributed by atoms with van der Waals surface area (Å²) in [6.45, 7) is 9.04. The number of ether oxygens (including phenoxy) is 2. The Hall–Kier alpha value is -6.29. The highest BCUT2D eigenvalue weighted by Crippen LogP contribution is 2.40. The zero-order chi connectivity index (χ0) is 43.6. The Morgan fingerprint density at radius 3 is 2.49 bits per heavy atom. The summed E-state index contributed by atoms with van der Waals surface area (Å²) < 4.78 is 12.6. The predicted octanol–water partition coefficient (Wildman–Crippen LogP) is 4.58. The lowest BCUT2D eigenvalue weighted by molar-refractivity contribution is -0.134. The number of nitrogen functional groups attached to an aromatic ring is 1. The second-order valence-corrected chi connectivity index (χ2v) is 17.9. The third kappa shape index (κ3) is 9.26. The number of nitrogens with one attached hydrogen (secondary N) is 2. The van der Waals surface area contributed by atoms with E-state index in [0.717, 1.165) is 61.7 Å². The minimum Gasteiger partial charge on any atom is -0.507 e. The van der Waals surface area contributed by atoms with Gasteiger partial charge in [-0.2, -0.15) is 0 Å². The number of benzene rings is 3. The molecule has 0 spiro atoms. The topological polar surface area (TPSA) is 182 Å². The first-order chi connectivity index (χ1) is 30.6. The normalized spacial score (nSPS) is 22.2. The van der Waals surface area contributed by atoms with Crippen LogP contribution in [0.1, 0.15) is 38.2 Å². The quantitative estimate of drug-likeness (QED) is 0.163. The van der Waals surface area contributed by atoms with Gasteiger partial charge in [0.15, 0.2) is 5.82 Å². The molecule has 5 aliphatic rings. The van der Waals surface area contributed by atoms with Gasteiger partial charge in [0.05, 0.1) is 30.6 Å². The first kappa shape index (κ1) is 42.0. The monoisotopic (exact) mass is 858 g/mol. The number of nitrogens with zero attached hydrogens (tertiary/aromatic N) is 7. The minimum atomic E-state index is -0.310. The maximum atomic E-state index is 13.6. The average molecular weight is 859 g/mol. The van der Waals surface area contributed by atoms with E-state index in [9.17, 15) is 19.5 Å². The number of fused-ring (bicyclic) bond motifs is 1. The van der Waals surface area contributed by atoms with Crippen molar-refractivity contribution in [1.29, 1.82) is 0 Å². The summed E-state index contributed by atoms with van der Waals surface area (Å²) in [6, 6.07) is 23.0. The first-order valence-electron chi connectivity index (χ1n) is 22.3. The lowest BCUT2D eigenvalue weighted by atomic mass is 9.96. The van der Waals surface area contributed by atoms with Crippen LogP contribution in [0.15, 0.2) is 72.8 Å². The second kappa shape index (κ2) is 18.2. The highest BCUT2D eigenvalue weighted by atomic mass is 16.5. The van der Waals surface area contributed by atoms with Crippen molar-refractivity contribution < 1.29 is 29.0 Å². The number of carbonyl (C=O) groups excluding carboxylic acids is 3. The number of rotatable bonds is 10. The molecular weight excluding hydrogens is 801 g/mol. The molecule has 0 bridgehead atoms. The van der Waals surface area contributed by atoms with Crippen LogP contribution < -0.4 is 35.8 Å². The molecule has 3 atom stereocenters. The predicted molar refractivity (Wildman–Crippen MR) is 242 cm³/mol. The average Bonchev–Trinajstić information content (AvgIpc) is 3.69. The van der Waals surface area contributed by atoms with E-state index in [1.165, 1.54) is 11.3 Å². The number of aromatic hydroxyl groups is 1. The summed E-state index contributed by atoms with van der Waals surface area (Å²) in [7, 11) is 1.90. The van der Waals surface area contributed by atoms with Gasteiger partial charge in [-0.15, -0.1) is 10.2 Å². The molecule has 0 saturated carbocycles. The van der Waals surface area contributed by atoms with Crippen LogP contribution in [0.4, 0.5) is 33.4 Å². The third-order valence-electron chi connectivity index (χ3n) is 13.0. The number of phenolic OH excluding ortho intramolecular Hbond substituents is 1. The van der Waals surface area contributed by atoms with Crippen molar-refractivity contribution in [2.75, 3.05) is 98.4 Å². The van der Waals surface area contributed by atoms with Gasteiger partial charge < -0.3 is 50.1 Å². The number of nitrogens with two attached hydrogens (primary N) is 1. The number of para-hydroxylation sites is 1. The molecule has 6 heterocycles. The van der Waals surface area contributed by atoms with Crippen LogP contribution >= 0.6 is 0 Å². The van der Waals surface area contributed by atoms with Gasteiger partial charge in [0, 0.05) is 119 Å². The summed E-state index contributed by atoms with van der Waals surface area (Å²) in [5.41, 5.74) is 12.8. The smallest absolute Gasteiger partial charge is 0.319 e. The number of aromatic nitrogens is 2. The van der Waals surface area contributed by atoms with Gasteiger partial charge >= 0.3 is 6.03 Å². The van der Waals surface area contributed by atoms with Crippen molar-refractivity contribution in [1.82, 2.24) is 25.3 Å². The molecule has 16 nitrogen and oxygen atoms in total. The Morgan fingerprint density at radius 2 is 1.68 bits per heavy atom. The number of phenols is 1. The maximum Gasteiger partial charge on any atom is 0.319 e. The Balaban J connectivity index is 0.749. The van der Waals surface area contributed by atoms with Crippen LogP contribution in [0.2, 0.25) is 0 Å². The van der Waals surface area contributed by atoms with Gasteiger partial charge in [-0.25, -0.2) is 4.79 Å². The highest BCUT2D eigenvalue weighted by molar-refractivity contribution is 6.02. The molecule has 1 aromatic heterocycles. The number of anilines is 5. The molecule has 0 unspecified atom stereocenters. The fourth-order valence-electron chi connectivity index (χ4n) is 9.87. The van der Waals surface area contributed by atoms with Crippen LogP contribution in [0.3, 0.4) is 0 Å². The summed E-state index contributed by atoms with van der Waals surface area (Å²) in [5.74, 6) is 1.47. The number of imide groups is 1. The van der Waals surface area contributed by atoms with Crippen LogP contribution in [-0.2, 0) is 20.7 Å². The second-order valence-electron chi connectivity index (χ2n) is 17.9. The minimum absolute atomic E-state index is 0.00423. The first-order valence-corrected chi connectivity index (χ1v) is 22.3. The molecule has 5 aliphatic heterocycles. The Morgan fingerprint density at radius 1 is 0.905 bits per heavy atom. The van der Waals surface area contributed by atoms with E-state index < -0.39 is 0 Å². The van der Waals surface area contributed by atoms with E-state index in [1.54, 1.807) is 12.1 Å². The van der Waals surface area contributed by atoms with Crippen molar-refractivity contribution in [3.8, 4) is 22.8 Å². The van der Waals surface area contributed by atoms with Crippen LogP contribution in [-0.4, -0.2) is 134 Å². The zero-order valence-corrected chi connectivity index (χ0v) is 36.1. The van der Waals surface area contributed by atoms with E-state index in [-0.39, 0.29) is 47.7 Å². The van der Waals surface area contributed by atoms with E-state index >= 15 is 0 Å². The number of hydrogen-bond donors (Lipinski definition) is 4. The molecule has 4 saturated heterocycles. The number of urea groups is 1. The van der Waals surface area contributed by atoms with Gasteiger partial charge in [0.1, 0.15) is 23.6 Å². The van der Waals surface area contributed by atoms with Gasteiger partial charge in [0.25, 0.3) is 0 Å². The number of amides is 4. The van der Waals surface area contributed by atoms with E-state index in [0.29, 0.717) is 81.8 Å². The zero-order valence-electron chi connectivity index (χ0n) is 36.1. The van der Waals surface area contributed by atoms with Crippen molar-refractivity contribution >= 4 is 46.4 Å². The molecule has 9 rings (SSSR count). The Bertz CT molecular complexity index is 2320. The van der Waals surface area contributed by atoms with Gasteiger partial charge in [-0.1, -0.05) is 31.2 Å². The van der Waals surface area contributed by atoms with E-state index in [4.69, 9.17) is 15.2 Å². The molecule has 4 fully saturated rings. The Kier molecular flexibility index (Phi) is 12.1. The molecule has 16 heteroatoms. The Labute approximate surface area is 368 Å². The molecular formula is C47H58N10O6. The molecule has 5 N–H and O–H groups in total. The van der Waals surface area contributed by atoms with Gasteiger partial charge in [0.2, 0.25) is 11.8 Å². The number of carbonyl (C=O) groups is 3. The molecule has 4 amide bonds. The van der Waals surface area contributed by atoms with Crippen molar-refractivity contribution in [2.24, 2.45) is 11.8 Å². The SMILES string of the molecule is C[C@H]1COC[C@@H](Nc2cccc(OC3CCN(C(=O)N(C)CC4CN(c5cccc6c5CCN6[C@H]5CCC(=O)NC5=O)C4)CC3)c2)CN(c2cc(-c3ccccc3O)nnc2N)C1. The summed E-state index contributed by atoms with van der Waals surface area (Å²) in [5, 5.41) is 25.2. The number of hydrogen-bond acceptors (Lipinski definition) is 13. The number of piperidine rings is 2. The lowest BCUT2D eigenvalue weighted by Crippen LogP contribution is -2.54. The number of likely N-dealkylation sites (tertiary alicyclic amines) is 1. The fourth-order valence-corrected chi connectivity index (χ4v) is 9.87.